The SMILES string of the molecule is Cc1nc2cc(N3CCNCC3)ccc2s1. The monoisotopic (exact) mass is 233 g/mol. The Kier molecular flexibility index (Phi) is 2.53. The zero-order chi connectivity index (χ0) is 11.0. The van der Waals surface area contributed by atoms with Gasteiger partial charge in [0, 0.05) is 31.9 Å². The summed E-state index contributed by atoms with van der Waals surface area (Å²) in [4.78, 5) is 6.97. The molecule has 1 aliphatic heterocycles. The van der Waals surface area contributed by atoms with E-state index < -0.39 is 0 Å². The first-order chi connectivity index (χ1) is 7.83. The molecule has 1 aromatic carbocycles. The molecule has 2 heterocycles. The van der Waals surface area contributed by atoms with Gasteiger partial charge in [-0.2, -0.15) is 0 Å². The fourth-order valence-corrected chi connectivity index (χ4v) is 2.96. The Morgan fingerprint density at radius 1 is 1.31 bits per heavy atom. The predicted octanol–water partition coefficient (Wildman–Crippen LogP) is 2.01. The largest absolute Gasteiger partial charge is 0.369 e. The number of benzene rings is 1. The number of aromatic nitrogens is 1. The van der Waals surface area contributed by atoms with E-state index in [0.29, 0.717) is 0 Å². The van der Waals surface area contributed by atoms with Crippen molar-refractivity contribution in [2.75, 3.05) is 31.1 Å². The average molecular weight is 233 g/mol. The van der Waals surface area contributed by atoms with Crippen LogP contribution in [0.3, 0.4) is 0 Å². The van der Waals surface area contributed by atoms with Gasteiger partial charge in [0.2, 0.25) is 0 Å². The topological polar surface area (TPSA) is 28.2 Å². The molecule has 2 aromatic rings. The third-order valence-corrected chi connectivity index (χ3v) is 3.91. The van der Waals surface area contributed by atoms with Crippen molar-refractivity contribution >= 4 is 27.2 Å². The van der Waals surface area contributed by atoms with E-state index in [1.165, 1.54) is 10.4 Å². The third-order valence-electron chi connectivity index (χ3n) is 2.96. The van der Waals surface area contributed by atoms with Crippen LogP contribution in [-0.4, -0.2) is 31.2 Å². The number of nitrogens with one attached hydrogen (secondary N) is 1. The zero-order valence-corrected chi connectivity index (χ0v) is 10.2. The van der Waals surface area contributed by atoms with Crippen molar-refractivity contribution in [3.05, 3.63) is 23.2 Å². The number of piperazine rings is 1. The Morgan fingerprint density at radius 2 is 2.12 bits per heavy atom. The molecule has 3 rings (SSSR count). The van der Waals surface area contributed by atoms with Crippen molar-refractivity contribution in [2.24, 2.45) is 0 Å². The van der Waals surface area contributed by atoms with Crippen molar-refractivity contribution in [2.45, 2.75) is 6.92 Å². The lowest BCUT2D eigenvalue weighted by Crippen LogP contribution is -2.43. The standard InChI is InChI=1S/C12H15N3S/c1-9-14-11-8-10(2-3-12(11)16-9)15-6-4-13-5-7-15/h2-3,8,13H,4-7H2,1H3. The molecule has 0 unspecified atom stereocenters. The molecular weight excluding hydrogens is 218 g/mol. The summed E-state index contributed by atoms with van der Waals surface area (Å²) in [5.41, 5.74) is 2.44. The van der Waals surface area contributed by atoms with E-state index in [1.807, 2.05) is 0 Å². The lowest BCUT2D eigenvalue weighted by atomic mass is 10.2. The third kappa shape index (κ3) is 1.79. The van der Waals surface area contributed by atoms with Crippen molar-refractivity contribution in [3.8, 4) is 0 Å². The summed E-state index contributed by atoms with van der Waals surface area (Å²) < 4.78 is 1.29. The van der Waals surface area contributed by atoms with E-state index in [9.17, 15) is 0 Å². The Morgan fingerprint density at radius 3 is 2.94 bits per heavy atom. The molecule has 0 amide bonds. The Bertz CT molecular complexity index is 500. The quantitative estimate of drug-likeness (QED) is 0.816. The molecule has 1 aromatic heterocycles. The van der Waals surface area contributed by atoms with Crippen molar-refractivity contribution in [1.29, 1.82) is 0 Å². The lowest BCUT2D eigenvalue weighted by Gasteiger charge is -2.29. The molecule has 0 atom stereocenters. The molecule has 3 nitrogen and oxygen atoms in total. The molecule has 1 N–H and O–H groups in total. The minimum Gasteiger partial charge on any atom is -0.369 e. The fraction of sp³-hybridized carbons (Fsp3) is 0.417. The highest BCUT2D eigenvalue weighted by atomic mass is 32.1. The Balaban J connectivity index is 1.97. The number of rotatable bonds is 1. The summed E-state index contributed by atoms with van der Waals surface area (Å²) in [6, 6.07) is 6.62. The summed E-state index contributed by atoms with van der Waals surface area (Å²) in [5, 5.41) is 4.52. The highest BCUT2D eigenvalue weighted by Crippen LogP contribution is 2.26. The van der Waals surface area contributed by atoms with Gasteiger partial charge in [-0.05, 0) is 25.1 Å². The minimum atomic E-state index is 1.08. The lowest BCUT2D eigenvalue weighted by molar-refractivity contribution is 0.589. The number of nitrogens with zero attached hydrogens (tertiary/aromatic N) is 2. The van der Waals surface area contributed by atoms with E-state index in [4.69, 9.17) is 0 Å². The molecule has 0 bridgehead atoms. The summed E-state index contributed by atoms with van der Waals surface area (Å²) in [6.07, 6.45) is 0. The zero-order valence-electron chi connectivity index (χ0n) is 9.36. The summed E-state index contributed by atoms with van der Waals surface area (Å²) >= 11 is 1.77. The highest BCUT2D eigenvalue weighted by Gasteiger charge is 2.11. The maximum atomic E-state index is 4.54. The van der Waals surface area contributed by atoms with Crippen LogP contribution in [0.5, 0.6) is 0 Å². The molecule has 1 fully saturated rings. The molecule has 1 saturated heterocycles. The van der Waals surface area contributed by atoms with Crippen LogP contribution in [-0.2, 0) is 0 Å². The normalized spacial score (nSPS) is 16.9. The predicted molar refractivity (Wildman–Crippen MR) is 69.4 cm³/mol. The number of hydrogen-bond acceptors (Lipinski definition) is 4. The molecule has 0 aliphatic carbocycles. The van der Waals surface area contributed by atoms with Crippen LogP contribution in [0.2, 0.25) is 0 Å². The average Bonchev–Trinajstić information content (AvgIpc) is 2.69. The Labute approximate surface area is 99.1 Å². The van der Waals surface area contributed by atoms with Gasteiger partial charge < -0.3 is 10.2 Å². The number of aryl methyl sites for hydroxylation is 1. The highest BCUT2D eigenvalue weighted by molar-refractivity contribution is 7.18. The van der Waals surface area contributed by atoms with Gasteiger partial charge in [-0.15, -0.1) is 11.3 Å². The van der Waals surface area contributed by atoms with Gasteiger partial charge >= 0.3 is 0 Å². The van der Waals surface area contributed by atoms with Gasteiger partial charge in [-0.25, -0.2) is 4.98 Å². The van der Waals surface area contributed by atoms with E-state index >= 15 is 0 Å². The van der Waals surface area contributed by atoms with Gasteiger partial charge in [0.05, 0.1) is 15.2 Å². The molecule has 0 radical (unpaired) electrons. The number of thiazole rings is 1. The molecule has 1 aliphatic rings. The number of anilines is 1. The maximum Gasteiger partial charge on any atom is 0.0907 e. The summed E-state index contributed by atoms with van der Waals surface area (Å²) in [5.74, 6) is 0. The molecule has 16 heavy (non-hydrogen) atoms. The summed E-state index contributed by atoms with van der Waals surface area (Å²) in [6.45, 7) is 6.40. The van der Waals surface area contributed by atoms with Gasteiger partial charge in [0.25, 0.3) is 0 Å². The first-order valence-corrected chi connectivity index (χ1v) is 6.47. The second-order valence-corrected chi connectivity index (χ2v) is 5.36. The maximum absolute atomic E-state index is 4.54. The van der Waals surface area contributed by atoms with Crippen LogP contribution in [0.15, 0.2) is 18.2 Å². The van der Waals surface area contributed by atoms with Crippen LogP contribution < -0.4 is 10.2 Å². The molecule has 84 valence electrons. The van der Waals surface area contributed by atoms with Crippen LogP contribution in [0.4, 0.5) is 5.69 Å². The van der Waals surface area contributed by atoms with Gasteiger partial charge in [0.1, 0.15) is 0 Å². The van der Waals surface area contributed by atoms with Gasteiger partial charge in [-0.3, -0.25) is 0 Å². The van der Waals surface area contributed by atoms with Gasteiger partial charge in [-0.1, -0.05) is 0 Å². The first kappa shape index (κ1) is 10.1. The molecule has 0 spiro atoms. The summed E-state index contributed by atoms with van der Waals surface area (Å²) in [7, 11) is 0. The van der Waals surface area contributed by atoms with Gasteiger partial charge in [0.15, 0.2) is 0 Å². The van der Waals surface area contributed by atoms with E-state index in [2.05, 4.69) is 40.3 Å². The number of fused-ring (bicyclic) bond motifs is 1. The van der Waals surface area contributed by atoms with Crippen LogP contribution in [0.25, 0.3) is 10.2 Å². The van der Waals surface area contributed by atoms with E-state index in [0.717, 1.165) is 36.7 Å². The first-order valence-electron chi connectivity index (χ1n) is 5.66. The van der Waals surface area contributed by atoms with Crippen molar-refractivity contribution < 1.29 is 0 Å². The molecule has 4 heteroatoms. The van der Waals surface area contributed by atoms with Crippen LogP contribution in [0, 0.1) is 6.92 Å². The van der Waals surface area contributed by atoms with E-state index in [-0.39, 0.29) is 0 Å². The second-order valence-electron chi connectivity index (χ2n) is 4.12. The number of hydrogen-bond donors (Lipinski definition) is 1. The smallest absolute Gasteiger partial charge is 0.0907 e. The van der Waals surface area contributed by atoms with Crippen molar-refractivity contribution in [1.82, 2.24) is 10.3 Å². The molecular formula is C12H15N3S. The van der Waals surface area contributed by atoms with Crippen LogP contribution >= 0.6 is 11.3 Å². The second kappa shape index (κ2) is 4.03. The molecule has 0 saturated carbocycles. The van der Waals surface area contributed by atoms with Crippen LogP contribution in [0.1, 0.15) is 5.01 Å². The van der Waals surface area contributed by atoms with E-state index in [1.54, 1.807) is 11.3 Å². The van der Waals surface area contributed by atoms with Crippen molar-refractivity contribution in [3.63, 3.8) is 0 Å². The Hall–Kier alpha value is -1.13. The minimum absolute atomic E-state index is 1.08. The fourth-order valence-electron chi connectivity index (χ4n) is 2.15.